The van der Waals surface area contributed by atoms with Crippen LogP contribution < -0.4 is 5.32 Å². The second-order valence-corrected chi connectivity index (χ2v) is 4.69. The number of aromatic nitrogens is 2. The predicted molar refractivity (Wildman–Crippen MR) is 76.8 cm³/mol. The summed E-state index contributed by atoms with van der Waals surface area (Å²) in [6.07, 6.45) is 2.96. The number of carboxylic acids is 1. The van der Waals surface area contributed by atoms with Crippen molar-refractivity contribution in [3.05, 3.63) is 59.3 Å². The average Bonchev–Trinajstić information content (AvgIpc) is 2.89. The molecule has 5 nitrogen and oxygen atoms in total. The van der Waals surface area contributed by atoms with E-state index in [1.54, 1.807) is 30.5 Å². The summed E-state index contributed by atoms with van der Waals surface area (Å²) in [5.41, 5.74) is 0.890. The van der Waals surface area contributed by atoms with Crippen LogP contribution in [0, 0.1) is 5.82 Å². The van der Waals surface area contributed by atoms with E-state index >= 15 is 0 Å². The fraction of sp³-hybridized carbons (Fsp3) is 0. The lowest BCUT2D eigenvalue weighted by molar-refractivity contribution is 0.0691. The second-order valence-electron chi connectivity index (χ2n) is 4.31. The normalized spacial score (nSPS) is 10.8. The first-order valence-corrected chi connectivity index (χ1v) is 6.36. The van der Waals surface area contributed by atoms with Crippen LogP contribution >= 0.6 is 11.6 Å². The average molecular weight is 306 g/mol. The van der Waals surface area contributed by atoms with Gasteiger partial charge in [-0.3, -0.25) is 0 Å². The summed E-state index contributed by atoms with van der Waals surface area (Å²) in [7, 11) is 0. The molecular formula is C14H9ClFN3O2. The highest BCUT2D eigenvalue weighted by Gasteiger charge is 2.14. The van der Waals surface area contributed by atoms with Crippen LogP contribution in [0.1, 0.15) is 10.5 Å². The molecule has 0 amide bonds. The number of nitrogens with zero attached hydrogens (tertiary/aromatic N) is 2. The molecule has 21 heavy (non-hydrogen) atoms. The predicted octanol–water partition coefficient (Wildman–Crippen LogP) is 3.57. The van der Waals surface area contributed by atoms with Crippen LogP contribution in [-0.4, -0.2) is 20.5 Å². The Labute approximate surface area is 123 Å². The standard InChI is InChI=1S/C14H9ClFN3O2/c15-12-10(17-9-4-2-1-3-8(9)16)5-6-19-7-11(14(20)21)18-13(12)19/h1-7,17H,(H,20,21). The molecule has 0 aliphatic carbocycles. The molecule has 2 aromatic heterocycles. The van der Waals surface area contributed by atoms with Crippen LogP contribution in [0.15, 0.2) is 42.7 Å². The molecule has 0 aliphatic heterocycles. The zero-order valence-corrected chi connectivity index (χ0v) is 11.3. The van der Waals surface area contributed by atoms with Crippen LogP contribution in [0.25, 0.3) is 5.65 Å². The van der Waals surface area contributed by atoms with Gasteiger partial charge < -0.3 is 14.8 Å². The van der Waals surface area contributed by atoms with E-state index in [1.807, 2.05) is 0 Å². The molecule has 0 fully saturated rings. The fourth-order valence-electron chi connectivity index (χ4n) is 1.93. The maximum absolute atomic E-state index is 13.6. The fourth-order valence-corrected chi connectivity index (χ4v) is 2.18. The Kier molecular flexibility index (Phi) is 3.23. The van der Waals surface area contributed by atoms with Crippen molar-refractivity contribution in [2.24, 2.45) is 0 Å². The monoisotopic (exact) mass is 305 g/mol. The van der Waals surface area contributed by atoms with Crippen molar-refractivity contribution in [2.75, 3.05) is 5.32 Å². The third kappa shape index (κ3) is 2.41. The van der Waals surface area contributed by atoms with Crippen LogP contribution in [-0.2, 0) is 0 Å². The zero-order chi connectivity index (χ0) is 15.0. The Bertz CT molecular complexity index is 847. The number of carbonyl (C=O) groups is 1. The van der Waals surface area contributed by atoms with E-state index in [-0.39, 0.29) is 22.1 Å². The number of anilines is 2. The minimum Gasteiger partial charge on any atom is -0.476 e. The first-order chi connectivity index (χ1) is 10.1. The Hall–Kier alpha value is -2.60. The topological polar surface area (TPSA) is 66.6 Å². The second kappa shape index (κ2) is 5.06. The molecular weight excluding hydrogens is 297 g/mol. The lowest BCUT2D eigenvalue weighted by Gasteiger charge is -2.09. The molecule has 106 valence electrons. The van der Waals surface area contributed by atoms with Gasteiger partial charge in [-0.2, -0.15) is 0 Å². The van der Waals surface area contributed by atoms with Gasteiger partial charge in [-0.1, -0.05) is 23.7 Å². The van der Waals surface area contributed by atoms with Crippen molar-refractivity contribution >= 4 is 34.6 Å². The van der Waals surface area contributed by atoms with E-state index in [1.165, 1.54) is 16.7 Å². The maximum Gasteiger partial charge on any atom is 0.356 e. The summed E-state index contributed by atoms with van der Waals surface area (Å²) in [5.74, 6) is -1.55. The van der Waals surface area contributed by atoms with Gasteiger partial charge in [0.25, 0.3) is 0 Å². The number of hydrogen-bond acceptors (Lipinski definition) is 3. The van der Waals surface area contributed by atoms with Crippen molar-refractivity contribution in [1.82, 2.24) is 9.38 Å². The molecule has 1 aromatic carbocycles. The highest BCUT2D eigenvalue weighted by Crippen LogP contribution is 2.29. The highest BCUT2D eigenvalue weighted by molar-refractivity contribution is 6.36. The molecule has 0 radical (unpaired) electrons. The summed E-state index contributed by atoms with van der Waals surface area (Å²) in [6, 6.07) is 7.79. The number of fused-ring (bicyclic) bond motifs is 1. The number of carboxylic acid groups (broad SMARTS) is 1. The Morgan fingerprint density at radius 3 is 2.76 bits per heavy atom. The third-order valence-corrected chi connectivity index (χ3v) is 3.30. The summed E-state index contributed by atoms with van der Waals surface area (Å²) in [6.45, 7) is 0. The molecule has 3 rings (SSSR count). The number of rotatable bonds is 3. The van der Waals surface area contributed by atoms with Crippen LogP contribution in [0.3, 0.4) is 0 Å². The first-order valence-electron chi connectivity index (χ1n) is 5.98. The van der Waals surface area contributed by atoms with E-state index in [0.717, 1.165) is 0 Å². The lowest BCUT2D eigenvalue weighted by atomic mass is 10.3. The van der Waals surface area contributed by atoms with Gasteiger partial charge in [0.15, 0.2) is 11.3 Å². The van der Waals surface area contributed by atoms with Gasteiger partial charge in [-0.15, -0.1) is 0 Å². The van der Waals surface area contributed by atoms with Gasteiger partial charge in [0.05, 0.1) is 11.4 Å². The van der Waals surface area contributed by atoms with Gasteiger partial charge in [-0.25, -0.2) is 14.2 Å². The quantitative estimate of drug-likeness (QED) is 0.776. The number of hydrogen-bond donors (Lipinski definition) is 2. The van der Waals surface area contributed by atoms with E-state index in [9.17, 15) is 9.18 Å². The molecule has 0 bridgehead atoms. The summed E-state index contributed by atoms with van der Waals surface area (Å²) in [5, 5.41) is 12.0. The molecule has 0 saturated heterocycles. The van der Waals surface area contributed by atoms with E-state index < -0.39 is 11.8 Å². The Morgan fingerprint density at radius 2 is 2.05 bits per heavy atom. The maximum atomic E-state index is 13.6. The molecule has 0 saturated carbocycles. The molecule has 7 heteroatoms. The highest BCUT2D eigenvalue weighted by atomic mass is 35.5. The Balaban J connectivity index is 2.06. The molecule has 0 atom stereocenters. The minimum atomic E-state index is -1.14. The summed E-state index contributed by atoms with van der Waals surface area (Å²) < 4.78 is 15.1. The van der Waals surface area contributed by atoms with E-state index in [2.05, 4.69) is 10.3 Å². The molecule has 2 heterocycles. The van der Waals surface area contributed by atoms with Crippen molar-refractivity contribution in [1.29, 1.82) is 0 Å². The number of halogens is 2. The number of pyridine rings is 1. The van der Waals surface area contributed by atoms with Crippen LogP contribution in [0.4, 0.5) is 15.8 Å². The van der Waals surface area contributed by atoms with Gasteiger partial charge in [0.1, 0.15) is 10.8 Å². The smallest absolute Gasteiger partial charge is 0.356 e. The largest absolute Gasteiger partial charge is 0.476 e. The van der Waals surface area contributed by atoms with Crippen molar-refractivity contribution in [2.45, 2.75) is 0 Å². The number of benzene rings is 1. The number of aromatic carboxylic acids is 1. The third-order valence-electron chi connectivity index (χ3n) is 2.93. The van der Waals surface area contributed by atoms with Crippen LogP contribution in [0.2, 0.25) is 5.02 Å². The van der Waals surface area contributed by atoms with Gasteiger partial charge in [0.2, 0.25) is 0 Å². The van der Waals surface area contributed by atoms with Gasteiger partial charge in [-0.05, 0) is 18.2 Å². The SMILES string of the molecule is O=C(O)c1cn2ccc(Nc3ccccc3F)c(Cl)c2n1. The lowest BCUT2D eigenvalue weighted by Crippen LogP contribution is -1.96. The molecule has 0 spiro atoms. The first kappa shape index (κ1) is 13.4. The Morgan fingerprint density at radius 1 is 1.29 bits per heavy atom. The van der Waals surface area contributed by atoms with Gasteiger partial charge >= 0.3 is 5.97 Å². The summed E-state index contributed by atoms with van der Waals surface area (Å²) >= 11 is 6.20. The van der Waals surface area contributed by atoms with Crippen molar-refractivity contribution in [3.8, 4) is 0 Å². The van der Waals surface area contributed by atoms with Gasteiger partial charge in [0, 0.05) is 12.4 Å². The van der Waals surface area contributed by atoms with E-state index in [4.69, 9.17) is 16.7 Å². The minimum absolute atomic E-state index is 0.111. The number of para-hydroxylation sites is 1. The molecule has 2 N–H and O–H groups in total. The number of imidazole rings is 1. The van der Waals surface area contributed by atoms with Crippen molar-refractivity contribution < 1.29 is 14.3 Å². The summed E-state index contributed by atoms with van der Waals surface area (Å²) in [4.78, 5) is 14.9. The zero-order valence-electron chi connectivity index (χ0n) is 10.5. The van der Waals surface area contributed by atoms with Crippen LogP contribution in [0.5, 0.6) is 0 Å². The van der Waals surface area contributed by atoms with Crippen molar-refractivity contribution in [3.63, 3.8) is 0 Å². The van der Waals surface area contributed by atoms with E-state index in [0.29, 0.717) is 5.69 Å². The number of nitrogens with one attached hydrogen (secondary N) is 1. The molecule has 0 unspecified atom stereocenters. The molecule has 3 aromatic rings. The molecule has 0 aliphatic rings.